The molecule has 3 aromatic rings. The molecule has 0 bridgehead atoms. The van der Waals surface area contributed by atoms with Crippen molar-refractivity contribution in [2.24, 2.45) is 5.92 Å². The lowest BCUT2D eigenvalue weighted by molar-refractivity contribution is 0.0620. The Hall–Kier alpha value is -2.75. The number of ether oxygens (including phenoxy) is 1. The Bertz CT molecular complexity index is 986. The van der Waals surface area contributed by atoms with E-state index in [0.717, 1.165) is 35.1 Å². The van der Waals surface area contributed by atoms with E-state index in [9.17, 15) is 4.79 Å². The molecule has 0 N–H and O–H groups in total. The molecule has 4 nitrogen and oxygen atoms in total. The summed E-state index contributed by atoms with van der Waals surface area (Å²) < 4.78 is 12.1. The molecule has 1 unspecified atom stereocenters. The van der Waals surface area contributed by atoms with Crippen LogP contribution in [0.15, 0.2) is 59.0 Å². The van der Waals surface area contributed by atoms with Crippen molar-refractivity contribution in [3.63, 3.8) is 0 Å². The summed E-state index contributed by atoms with van der Waals surface area (Å²) >= 11 is 0. The maximum atomic E-state index is 13.6. The van der Waals surface area contributed by atoms with Gasteiger partial charge in [0.15, 0.2) is 5.76 Å². The van der Waals surface area contributed by atoms with Crippen molar-refractivity contribution in [2.75, 3.05) is 0 Å². The van der Waals surface area contributed by atoms with Gasteiger partial charge in [-0.15, -0.1) is 0 Å². The summed E-state index contributed by atoms with van der Waals surface area (Å²) in [5.74, 6) is 1.89. The molecule has 1 heterocycles. The minimum Gasteiger partial charge on any atom is -0.489 e. The number of benzene rings is 2. The molecule has 2 fully saturated rings. The molecule has 4 heteroatoms. The highest BCUT2D eigenvalue weighted by Gasteiger charge is 2.43. The maximum absolute atomic E-state index is 13.6. The van der Waals surface area contributed by atoms with Crippen LogP contribution >= 0.6 is 0 Å². The second-order valence-corrected chi connectivity index (χ2v) is 8.03. The Kier molecular flexibility index (Phi) is 4.34. The standard InChI is InChI=1S/C24H25NO3/c1-16(17-11-12-17)25(18-13-14-18)24(26)23-21(15-27-19-7-3-2-4-8-19)20-9-5-6-10-22(20)28-23/h2-10,16-18H,11-15H2,1H3. The Morgan fingerprint density at radius 1 is 1.07 bits per heavy atom. The first-order valence-corrected chi connectivity index (χ1v) is 10.2. The normalized spacial score (nSPS) is 17.5. The topological polar surface area (TPSA) is 42.7 Å². The number of hydrogen-bond donors (Lipinski definition) is 0. The lowest BCUT2D eigenvalue weighted by Crippen LogP contribution is -2.41. The van der Waals surface area contributed by atoms with Crippen molar-refractivity contribution in [1.82, 2.24) is 4.90 Å². The van der Waals surface area contributed by atoms with Crippen LogP contribution in [0.25, 0.3) is 11.0 Å². The first kappa shape index (κ1) is 17.4. The van der Waals surface area contributed by atoms with Crippen molar-refractivity contribution < 1.29 is 13.9 Å². The zero-order valence-corrected chi connectivity index (χ0v) is 16.1. The van der Waals surface area contributed by atoms with Gasteiger partial charge in [-0.05, 0) is 56.7 Å². The van der Waals surface area contributed by atoms with Crippen molar-refractivity contribution in [1.29, 1.82) is 0 Å². The fourth-order valence-electron chi connectivity index (χ4n) is 4.05. The van der Waals surface area contributed by atoms with Crippen molar-refractivity contribution >= 4 is 16.9 Å². The van der Waals surface area contributed by atoms with Crippen LogP contribution in [0.1, 0.15) is 48.7 Å². The van der Waals surface area contributed by atoms with Crippen LogP contribution in [0.3, 0.4) is 0 Å². The molecule has 1 atom stereocenters. The van der Waals surface area contributed by atoms with Crippen molar-refractivity contribution in [2.45, 2.75) is 51.3 Å². The van der Waals surface area contributed by atoms with Crippen molar-refractivity contribution in [3.8, 4) is 5.75 Å². The van der Waals surface area contributed by atoms with Crippen LogP contribution in [-0.2, 0) is 6.61 Å². The Balaban J connectivity index is 1.49. The van der Waals surface area contributed by atoms with Crippen LogP contribution in [0.5, 0.6) is 5.75 Å². The van der Waals surface area contributed by atoms with Crippen LogP contribution < -0.4 is 4.74 Å². The summed E-state index contributed by atoms with van der Waals surface area (Å²) in [6, 6.07) is 18.2. The number of fused-ring (bicyclic) bond motifs is 1. The number of amides is 1. The van der Waals surface area contributed by atoms with Crippen LogP contribution in [-0.4, -0.2) is 22.9 Å². The molecule has 0 spiro atoms. The Morgan fingerprint density at radius 3 is 2.50 bits per heavy atom. The summed E-state index contributed by atoms with van der Waals surface area (Å²) in [5, 5.41) is 0.955. The van der Waals surface area contributed by atoms with E-state index in [0.29, 0.717) is 24.3 Å². The molecule has 2 aliphatic carbocycles. The van der Waals surface area contributed by atoms with Gasteiger partial charge < -0.3 is 14.1 Å². The van der Waals surface area contributed by atoms with Gasteiger partial charge in [0.25, 0.3) is 5.91 Å². The summed E-state index contributed by atoms with van der Waals surface area (Å²) in [5.41, 5.74) is 1.59. The number of hydrogen-bond acceptors (Lipinski definition) is 3. The van der Waals surface area contributed by atoms with E-state index in [1.54, 1.807) is 0 Å². The number of carbonyl (C=O) groups excluding carboxylic acids is 1. The maximum Gasteiger partial charge on any atom is 0.290 e. The zero-order valence-electron chi connectivity index (χ0n) is 16.1. The van der Waals surface area contributed by atoms with E-state index in [4.69, 9.17) is 9.15 Å². The largest absolute Gasteiger partial charge is 0.489 e. The fraction of sp³-hybridized carbons (Fsp3) is 0.375. The molecular formula is C24H25NO3. The molecule has 1 aromatic heterocycles. The Morgan fingerprint density at radius 2 is 1.79 bits per heavy atom. The van der Waals surface area contributed by atoms with Gasteiger partial charge in [-0.3, -0.25) is 4.79 Å². The number of nitrogens with zero attached hydrogens (tertiary/aromatic N) is 1. The smallest absolute Gasteiger partial charge is 0.290 e. The van der Waals surface area contributed by atoms with E-state index in [1.165, 1.54) is 12.8 Å². The van der Waals surface area contributed by atoms with Gasteiger partial charge in [0.1, 0.15) is 17.9 Å². The predicted octanol–water partition coefficient (Wildman–Crippen LogP) is 5.41. The van der Waals surface area contributed by atoms with E-state index in [2.05, 4.69) is 11.8 Å². The van der Waals surface area contributed by atoms with Gasteiger partial charge in [-0.25, -0.2) is 0 Å². The third kappa shape index (κ3) is 3.28. The highest BCUT2D eigenvalue weighted by molar-refractivity contribution is 5.99. The molecule has 1 amide bonds. The van der Waals surface area contributed by atoms with Crippen molar-refractivity contribution in [3.05, 3.63) is 65.9 Å². The summed E-state index contributed by atoms with van der Waals surface area (Å²) in [7, 11) is 0. The number of rotatable bonds is 7. The van der Waals surface area contributed by atoms with Gasteiger partial charge in [0, 0.05) is 23.0 Å². The molecule has 2 aliphatic rings. The van der Waals surface area contributed by atoms with Gasteiger partial charge in [0.05, 0.1) is 0 Å². The van der Waals surface area contributed by atoms with Gasteiger partial charge >= 0.3 is 0 Å². The van der Waals surface area contributed by atoms with Gasteiger partial charge in [-0.2, -0.15) is 0 Å². The predicted molar refractivity (Wildman–Crippen MR) is 108 cm³/mol. The molecule has 0 aliphatic heterocycles. The van der Waals surface area contributed by atoms with Crippen LogP contribution in [0.2, 0.25) is 0 Å². The minimum atomic E-state index is 0.0183. The van der Waals surface area contributed by atoms with Crippen LogP contribution in [0, 0.1) is 5.92 Å². The third-order valence-corrected chi connectivity index (χ3v) is 5.94. The highest BCUT2D eigenvalue weighted by Crippen LogP contribution is 2.41. The van der Waals surface area contributed by atoms with Gasteiger partial charge in [0.2, 0.25) is 0 Å². The van der Waals surface area contributed by atoms with E-state index < -0.39 is 0 Å². The lowest BCUT2D eigenvalue weighted by Gasteiger charge is -2.29. The molecule has 5 rings (SSSR count). The van der Waals surface area contributed by atoms with Crippen LogP contribution in [0.4, 0.5) is 0 Å². The molecule has 144 valence electrons. The molecule has 0 radical (unpaired) electrons. The van der Waals surface area contributed by atoms with E-state index in [1.807, 2.05) is 54.6 Å². The summed E-state index contributed by atoms with van der Waals surface area (Å²) in [6.45, 7) is 2.51. The number of furan rings is 1. The lowest BCUT2D eigenvalue weighted by atomic mass is 10.1. The number of para-hydroxylation sites is 2. The second kappa shape index (κ2) is 7.01. The summed E-state index contributed by atoms with van der Waals surface area (Å²) in [6.07, 6.45) is 4.64. The molecule has 2 saturated carbocycles. The van der Waals surface area contributed by atoms with Gasteiger partial charge in [-0.1, -0.05) is 36.4 Å². The zero-order chi connectivity index (χ0) is 19.1. The summed E-state index contributed by atoms with van der Waals surface area (Å²) in [4.78, 5) is 15.7. The first-order chi connectivity index (χ1) is 13.7. The number of carbonyl (C=O) groups is 1. The average Bonchev–Trinajstić information content (AvgIpc) is 3.64. The molecule has 28 heavy (non-hydrogen) atoms. The molecular weight excluding hydrogens is 350 g/mol. The average molecular weight is 375 g/mol. The van der Waals surface area contributed by atoms with E-state index in [-0.39, 0.29) is 11.9 Å². The molecule has 2 aromatic carbocycles. The fourth-order valence-corrected chi connectivity index (χ4v) is 4.05. The third-order valence-electron chi connectivity index (χ3n) is 5.94. The van der Waals surface area contributed by atoms with E-state index >= 15 is 0 Å². The quantitative estimate of drug-likeness (QED) is 0.554. The minimum absolute atomic E-state index is 0.0183. The second-order valence-electron chi connectivity index (χ2n) is 8.03. The monoisotopic (exact) mass is 375 g/mol. The first-order valence-electron chi connectivity index (χ1n) is 10.2. The Labute approximate surface area is 165 Å². The SMILES string of the molecule is CC(C1CC1)N(C(=O)c1oc2ccccc2c1COc1ccccc1)C1CC1. The highest BCUT2D eigenvalue weighted by atomic mass is 16.5. The molecule has 0 saturated heterocycles.